The Morgan fingerprint density at radius 3 is 2.40 bits per heavy atom. The molecule has 0 N–H and O–H groups in total. The quantitative estimate of drug-likeness (QED) is 0.337. The summed E-state index contributed by atoms with van der Waals surface area (Å²) >= 11 is 0. The zero-order valence-electron chi connectivity index (χ0n) is 6.22. The molecular weight excluding hydrogens is 476 g/mol. The van der Waals surface area contributed by atoms with Gasteiger partial charge in [-0.05, 0) is 6.92 Å². The molecule has 0 aromatic carbocycles. The topological polar surface area (TPSA) is 40.4 Å². The Hall–Kier alpha value is -0.787. The van der Waals surface area contributed by atoms with Crippen LogP contribution in [-0.2, 0) is 29.1 Å². The van der Waals surface area contributed by atoms with Crippen molar-refractivity contribution in [2.75, 3.05) is 13.7 Å². The molecule has 0 aliphatic rings. The van der Waals surface area contributed by atoms with Crippen LogP contribution in [0.15, 0.2) is 0 Å². The second kappa shape index (κ2) is 11.1. The molecule has 0 rings (SSSR count). The summed E-state index contributed by atoms with van der Waals surface area (Å²) in [7, 11) is 1.54. The predicted molar refractivity (Wildman–Crippen MR) is 30.5 cm³/mol. The molecule has 0 fully saturated rings. The minimum absolute atomic E-state index is 0. The van der Waals surface area contributed by atoms with Crippen LogP contribution in [-0.4, -0.2) is 19.4 Å². The second-order valence-electron chi connectivity index (χ2n) is 1.47. The van der Waals surface area contributed by atoms with Crippen LogP contribution in [0.3, 0.4) is 0 Å². The largest absolute Gasteiger partial charge is 0.537 e. The summed E-state index contributed by atoms with van der Waals surface area (Å²) in [6.45, 7) is 1.94. The van der Waals surface area contributed by atoms with Crippen molar-refractivity contribution >= 4 is 5.78 Å². The standard InChI is InChI=1S/C5H10NO2.Rf.Rh/c1-5(7)3-4-8-6-2;;/h3-4H2,1-2H3;;/q-1;;. The molecule has 0 bridgehead atoms. The maximum atomic E-state index is 10.2. The van der Waals surface area contributed by atoms with Crippen LogP contribution < -0.4 is 0 Å². The Balaban J connectivity index is -0.000000245. The number of hydroxylamine groups is 1. The molecule has 0 saturated heterocycles. The smallest absolute Gasteiger partial charge is 0.132 e. The summed E-state index contributed by atoms with van der Waals surface area (Å²) in [6.07, 6.45) is 0.456. The van der Waals surface area contributed by atoms with Crippen molar-refractivity contribution in [3.8, 4) is 0 Å². The van der Waals surface area contributed by atoms with Crippen molar-refractivity contribution in [2.24, 2.45) is 0 Å². The summed E-state index contributed by atoms with van der Waals surface area (Å²) in [5, 5.41) is 0. The van der Waals surface area contributed by atoms with Crippen LogP contribution in [0, 0.1) is 0 Å². The summed E-state index contributed by atoms with van der Waals surface area (Å²) in [6, 6.07) is 0. The Bertz CT molecular complexity index is 82.0. The van der Waals surface area contributed by atoms with Crippen LogP contribution in [0.2, 0.25) is 0 Å². The van der Waals surface area contributed by atoms with E-state index in [-0.39, 0.29) is 25.3 Å². The zero-order valence-corrected chi connectivity index (χ0v) is 14.3. The third-order valence-electron chi connectivity index (χ3n) is 0.675. The van der Waals surface area contributed by atoms with Crippen LogP contribution in [0.25, 0.3) is 5.48 Å². The van der Waals surface area contributed by atoms with Gasteiger partial charge in [0.2, 0.25) is 0 Å². The average molecular weight is 486 g/mol. The number of ketones is 1. The van der Waals surface area contributed by atoms with Crippen molar-refractivity contribution in [3.05, 3.63) is 5.48 Å². The summed E-state index contributed by atoms with van der Waals surface area (Å²) in [5.41, 5.74) is 3.36. The van der Waals surface area contributed by atoms with Gasteiger partial charge >= 0.3 is 0 Å². The van der Waals surface area contributed by atoms with E-state index >= 15 is 0 Å². The van der Waals surface area contributed by atoms with Gasteiger partial charge in [-0.15, -0.1) is 7.05 Å². The number of hydrogen-bond acceptors (Lipinski definition) is 2. The maximum absolute atomic E-state index is 10.2. The Labute approximate surface area is 67.9 Å². The second-order valence-corrected chi connectivity index (χ2v) is 1.47. The minimum Gasteiger partial charge on any atom is -0.537 e. The molecular formula is C5H10NO2RfRh-. The van der Waals surface area contributed by atoms with Gasteiger partial charge in [0.1, 0.15) is 5.78 Å². The van der Waals surface area contributed by atoms with E-state index in [1.165, 1.54) is 6.92 Å². The Morgan fingerprint density at radius 1 is 1.60 bits per heavy atom. The van der Waals surface area contributed by atoms with Crippen LogP contribution in [0.4, 0.5) is 0 Å². The van der Waals surface area contributed by atoms with Crippen molar-refractivity contribution in [2.45, 2.75) is 13.3 Å². The maximum Gasteiger partial charge on any atom is 0.132 e. The molecule has 3 nitrogen and oxygen atoms in total. The normalized spacial score (nSPS) is 7.40. The molecule has 0 heterocycles. The molecule has 0 unspecified atom stereocenters. The van der Waals surface area contributed by atoms with E-state index < -0.39 is 0 Å². The first-order valence-electron chi connectivity index (χ1n) is 2.48. The molecule has 0 amide bonds. The molecule has 1 radical (unpaired) electrons. The third kappa shape index (κ3) is 15.7. The monoisotopic (exact) mass is 486 g/mol. The van der Waals surface area contributed by atoms with E-state index in [9.17, 15) is 4.79 Å². The van der Waals surface area contributed by atoms with Gasteiger partial charge in [-0.1, -0.05) is 0 Å². The zero-order chi connectivity index (χ0) is 6.41. The van der Waals surface area contributed by atoms with Crippen molar-refractivity contribution < 1.29 is 29.1 Å². The molecule has 0 spiro atoms. The molecule has 10 heavy (non-hydrogen) atoms. The molecule has 0 aromatic rings. The van der Waals surface area contributed by atoms with E-state index in [1.807, 2.05) is 0 Å². The van der Waals surface area contributed by atoms with E-state index in [2.05, 4.69) is 10.3 Å². The summed E-state index contributed by atoms with van der Waals surface area (Å²) in [4.78, 5) is 14.7. The van der Waals surface area contributed by atoms with Gasteiger partial charge < -0.3 is 10.3 Å². The van der Waals surface area contributed by atoms with Gasteiger partial charge in [-0.25, -0.2) is 0 Å². The van der Waals surface area contributed by atoms with E-state index in [0.717, 1.165) is 0 Å². The first kappa shape index (κ1) is 16.1. The Kier molecular flexibility index (Phi) is 17.8. The van der Waals surface area contributed by atoms with Crippen LogP contribution >= 0.6 is 0 Å². The van der Waals surface area contributed by atoms with Crippen molar-refractivity contribution in [1.29, 1.82) is 0 Å². The SMILES string of the molecule is C[N-]OCCC(C)=O.[Rf].[Rh]. The fraction of sp³-hybridized carbons (Fsp3) is 0.800. The molecule has 0 atom stereocenters. The van der Waals surface area contributed by atoms with E-state index in [4.69, 9.17) is 0 Å². The fourth-order valence-electron chi connectivity index (χ4n) is 0.281. The summed E-state index contributed by atoms with van der Waals surface area (Å²) < 4.78 is 0. The number of Topliss-reactive ketones (excluding diaryl/α,β-unsaturated/α-hetero) is 1. The van der Waals surface area contributed by atoms with Crippen LogP contribution in [0.5, 0.6) is 0 Å². The van der Waals surface area contributed by atoms with E-state index in [0.29, 0.717) is 13.0 Å². The van der Waals surface area contributed by atoms with Gasteiger partial charge in [-0.2, -0.15) is 0 Å². The average Bonchev–Trinajstić information content (AvgIpc) is 1.66. The summed E-state index contributed by atoms with van der Waals surface area (Å²) in [5.74, 6) is 0.133. The predicted octanol–water partition coefficient (Wildman–Crippen LogP) is 0.898. The number of rotatable bonds is 4. The number of hydrogen-bond donors (Lipinski definition) is 0. The molecule has 59 valence electrons. The van der Waals surface area contributed by atoms with Crippen molar-refractivity contribution in [1.82, 2.24) is 0 Å². The van der Waals surface area contributed by atoms with Gasteiger partial charge in [0.15, 0.2) is 0 Å². The minimum atomic E-state index is 0. The molecule has 0 aliphatic carbocycles. The first-order chi connectivity index (χ1) is 3.77. The number of nitrogens with zero attached hydrogens (tertiary/aromatic N) is 1. The van der Waals surface area contributed by atoms with Gasteiger partial charge in [-0.3, -0.25) is 4.79 Å². The molecule has 0 saturated carbocycles. The molecule has 0 aromatic heterocycles. The van der Waals surface area contributed by atoms with Crippen molar-refractivity contribution in [3.63, 3.8) is 0 Å². The van der Waals surface area contributed by atoms with Gasteiger partial charge in [0.25, 0.3) is 0 Å². The van der Waals surface area contributed by atoms with E-state index in [1.54, 1.807) is 7.05 Å². The Morgan fingerprint density at radius 2 is 2.10 bits per heavy atom. The fourth-order valence-corrected chi connectivity index (χ4v) is 0.281. The first-order valence-corrected chi connectivity index (χ1v) is 2.48. The molecule has 5 heteroatoms. The van der Waals surface area contributed by atoms with Gasteiger partial charge in [0.05, 0.1) is 0 Å². The number of carbonyl (C=O) groups is 1. The third-order valence-corrected chi connectivity index (χ3v) is 0.675. The van der Waals surface area contributed by atoms with Gasteiger partial charge in [0, 0.05) is 32.5 Å². The number of carbonyl (C=O) groups excluding carboxylic acids is 1. The van der Waals surface area contributed by atoms with Crippen LogP contribution in [0.1, 0.15) is 13.3 Å². The molecule has 0 aliphatic heterocycles.